The molecule has 0 N–H and O–H groups in total. The first kappa shape index (κ1) is 16.5. The summed E-state index contributed by atoms with van der Waals surface area (Å²) in [5.74, 6) is 0.570. The van der Waals surface area contributed by atoms with Crippen molar-refractivity contribution in [3.05, 3.63) is 82.5 Å². The third-order valence-corrected chi connectivity index (χ3v) is 5.53. The molecular formula is C19H12Cl2N2OS. The first-order valence-corrected chi connectivity index (χ1v) is 9.24. The van der Waals surface area contributed by atoms with Gasteiger partial charge >= 0.3 is 0 Å². The Kier molecular flexibility index (Phi) is 4.42. The number of halogens is 2. The monoisotopic (exact) mass is 386 g/mol. The number of thioether (sulfide) groups is 1. The van der Waals surface area contributed by atoms with E-state index >= 15 is 0 Å². The quantitative estimate of drug-likeness (QED) is 0.561. The van der Waals surface area contributed by atoms with E-state index in [1.54, 1.807) is 29.3 Å². The van der Waals surface area contributed by atoms with Gasteiger partial charge < -0.3 is 0 Å². The van der Waals surface area contributed by atoms with Crippen LogP contribution in [0.2, 0.25) is 10.0 Å². The predicted molar refractivity (Wildman–Crippen MR) is 103 cm³/mol. The molecule has 3 aromatic rings. The molecule has 0 saturated carbocycles. The molecule has 1 amide bonds. The number of pyridine rings is 1. The van der Waals surface area contributed by atoms with Crippen molar-refractivity contribution in [1.82, 2.24) is 4.98 Å². The second-order valence-electron chi connectivity index (χ2n) is 5.53. The molecule has 4 rings (SSSR count). The molecule has 1 aliphatic heterocycles. The zero-order valence-corrected chi connectivity index (χ0v) is 15.2. The number of benzene rings is 2. The summed E-state index contributed by atoms with van der Waals surface area (Å²) in [4.78, 5) is 20.2. The van der Waals surface area contributed by atoms with E-state index in [4.69, 9.17) is 23.2 Å². The van der Waals surface area contributed by atoms with E-state index in [0.717, 1.165) is 10.5 Å². The van der Waals surface area contributed by atoms with Crippen molar-refractivity contribution in [1.29, 1.82) is 0 Å². The minimum Gasteiger partial charge on any atom is -0.272 e. The van der Waals surface area contributed by atoms with Gasteiger partial charge in [0, 0.05) is 26.7 Å². The second kappa shape index (κ2) is 6.71. The van der Waals surface area contributed by atoms with Gasteiger partial charge in [-0.25, -0.2) is 4.98 Å². The van der Waals surface area contributed by atoms with Crippen LogP contribution in [0.25, 0.3) is 0 Å². The lowest BCUT2D eigenvalue weighted by molar-refractivity contribution is -0.116. The van der Waals surface area contributed by atoms with Crippen molar-refractivity contribution in [3.63, 3.8) is 0 Å². The summed E-state index contributed by atoms with van der Waals surface area (Å²) in [7, 11) is 0. The number of aromatic nitrogens is 1. The number of amides is 1. The number of rotatable bonds is 3. The SMILES string of the molecule is O=C1C(Sc2ccccc2)c2cccnc2N1c1cc(Cl)cc(Cl)c1. The molecule has 1 aromatic heterocycles. The molecule has 0 saturated heterocycles. The Balaban J connectivity index is 1.78. The number of nitrogens with zero attached hydrogens (tertiary/aromatic N) is 2. The van der Waals surface area contributed by atoms with Crippen LogP contribution in [0.1, 0.15) is 10.8 Å². The van der Waals surface area contributed by atoms with E-state index in [2.05, 4.69) is 4.98 Å². The number of anilines is 2. The third-order valence-electron chi connectivity index (χ3n) is 3.86. The van der Waals surface area contributed by atoms with Crippen LogP contribution in [-0.2, 0) is 4.79 Å². The fraction of sp³-hybridized carbons (Fsp3) is 0.0526. The molecule has 0 radical (unpaired) electrons. The predicted octanol–water partition coefficient (Wildman–Crippen LogP) is 5.90. The number of hydrogen-bond donors (Lipinski definition) is 0. The highest BCUT2D eigenvalue weighted by molar-refractivity contribution is 8.00. The Morgan fingerprint density at radius 3 is 2.40 bits per heavy atom. The van der Waals surface area contributed by atoms with Gasteiger partial charge in [-0.1, -0.05) is 47.5 Å². The lowest BCUT2D eigenvalue weighted by Gasteiger charge is -2.17. The van der Waals surface area contributed by atoms with Crippen LogP contribution in [0.4, 0.5) is 11.5 Å². The molecule has 3 nitrogen and oxygen atoms in total. The van der Waals surface area contributed by atoms with E-state index in [1.807, 2.05) is 42.5 Å². The van der Waals surface area contributed by atoms with Crippen molar-refractivity contribution in [2.75, 3.05) is 4.90 Å². The lowest BCUT2D eigenvalue weighted by Crippen LogP contribution is -2.23. The molecule has 0 fully saturated rings. The van der Waals surface area contributed by atoms with Gasteiger partial charge in [-0.15, -0.1) is 11.8 Å². The van der Waals surface area contributed by atoms with Gasteiger partial charge in [-0.3, -0.25) is 9.69 Å². The maximum absolute atomic E-state index is 13.2. The minimum absolute atomic E-state index is 0.0547. The summed E-state index contributed by atoms with van der Waals surface area (Å²) in [6, 6.07) is 18.7. The Morgan fingerprint density at radius 1 is 0.960 bits per heavy atom. The minimum atomic E-state index is -0.358. The van der Waals surface area contributed by atoms with Crippen LogP contribution in [0.15, 0.2) is 71.8 Å². The highest BCUT2D eigenvalue weighted by Gasteiger charge is 2.40. The van der Waals surface area contributed by atoms with Crippen LogP contribution in [0, 0.1) is 0 Å². The topological polar surface area (TPSA) is 33.2 Å². The second-order valence-corrected chi connectivity index (χ2v) is 7.58. The molecule has 0 spiro atoms. The summed E-state index contributed by atoms with van der Waals surface area (Å²) in [5.41, 5.74) is 1.51. The standard InChI is InChI=1S/C19H12Cl2N2OS/c20-12-9-13(21)11-14(10-12)23-18-16(7-4-8-22-18)17(19(23)24)25-15-5-2-1-3-6-15/h1-11,17H. The van der Waals surface area contributed by atoms with Crippen molar-refractivity contribution < 1.29 is 4.79 Å². The average Bonchev–Trinajstić information content (AvgIpc) is 2.87. The van der Waals surface area contributed by atoms with Crippen molar-refractivity contribution in [2.45, 2.75) is 10.1 Å². The molecule has 6 heteroatoms. The molecule has 0 aliphatic carbocycles. The van der Waals surface area contributed by atoms with Gasteiger partial charge in [0.15, 0.2) is 0 Å². The molecule has 1 atom stereocenters. The van der Waals surface area contributed by atoms with Gasteiger partial charge in [0.2, 0.25) is 0 Å². The highest BCUT2D eigenvalue weighted by atomic mass is 35.5. The van der Waals surface area contributed by atoms with Crippen LogP contribution in [0.5, 0.6) is 0 Å². The average molecular weight is 387 g/mol. The molecule has 2 aromatic carbocycles. The summed E-state index contributed by atoms with van der Waals surface area (Å²) >= 11 is 13.8. The first-order chi connectivity index (χ1) is 12.1. The highest BCUT2D eigenvalue weighted by Crippen LogP contribution is 2.48. The van der Waals surface area contributed by atoms with Gasteiger partial charge in [-0.05, 0) is 36.4 Å². The summed E-state index contributed by atoms with van der Waals surface area (Å²) in [5, 5.41) is 0.600. The van der Waals surface area contributed by atoms with E-state index in [9.17, 15) is 4.79 Å². The Labute approximate surface area is 159 Å². The van der Waals surface area contributed by atoms with E-state index in [0.29, 0.717) is 21.6 Å². The maximum Gasteiger partial charge on any atom is 0.250 e. The number of carbonyl (C=O) groups excluding carboxylic acids is 1. The molecule has 1 unspecified atom stereocenters. The van der Waals surface area contributed by atoms with Crippen LogP contribution in [-0.4, -0.2) is 10.9 Å². The van der Waals surface area contributed by atoms with Crippen LogP contribution < -0.4 is 4.90 Å². The summed E-state index contributed by atoms with van der Waals surface area (Å²) in [6.45, 7) is 0. The largest absolute Gasteiger partial charge is 0.272 e. The first-order valence-electron chi connectivity index (χ1n) is 7.60. The zero-order chi connectivity index (χ0) is 17.4. The van der Waals surface area contributed by atoms with E-state index in [1.165, 1.54) is 11.8 Å². The third kappa shape index (κ3) is 3.13. The molecule has 0 bridgehead atoms. The Bertz CT molecular complexity index is 929. The smallest absolute Gasteiger partial charge is 0.250 e. The summed E-state index contributed by atoms with van der Waals surface area (Å²) < 4.78 is 0. The Hall–Kier alpha value is -2.01. The number of fused-ring (bicyclic) bond motifs is 1. The van der Waals surface area contributed by atoms with Crippen molar-refractivity contribution in [3.8, 4) is 0 Å². The van der Waals surface area contributed by atoms with Gasteiger partial charge in [0.1, 0.15) is 11.1 Å². The maximum atomic E-state index is 13.2. The van der Waals surface area contributed by atoms with E-state index in [-0.39, 0.29) is 11.2 Å². The zero-order valence-electron chi connectivity index (χ0n) is 12.9. The molecule has 124 valence electrons. The van der Waals surface area contributed by atoms with Gasteiger partial charge in [0.25, 0.3) is 5.91 Å². The lowest BCUT2D eigenvalue weighted by atomic mass is 10.2. The van der Waals surface area contributed by atoms with Gasteiger partial charge in [0.05, 0.1) is 5.69 Å². The Morgan fingerprint density at radius 2 is 1.68 bits per heavy atom. The molecular weight excluding hydrogens is 375 g/mol. The fourth-order valence-electron chi connectivity index (χ4n) is 2.82. The van der Waals surface area contributed by atoms with E-state index < -0.39 is 0 Å². The molecule has 2 heterocycles. The summed E-state index contributed by atoms with van der Waals surface area (Å²) in [6.07, 6.45) is 1.68. The molecule has 25 heavy (non-hydrogen) atoms. The number of carbonyl (C=O) groups is 1. The molecule has 1 aliphatic rings. The van der Waals surface area contributed by atoms with Crippen molar-refractivity contribution in [2.24, 2.45) is 0 Å². The number of hydrogen-bond acceptors (Lipinski definition) is 3. The van der Waals surface area contributed by atoms with Crippen LogP contribution in [0.3, 0.4) is 0 Å². The van der Waals surface area contributed by atoms with Gasteiger partial charge in [-0.2, -0.15) is 0 Å². The normalized spacial score (nSPS) is 16.2. The van der Waals surface area contributed by atoms with Crippen molar-refractivity contribution >= 4 is 52.4 Å². The van der Waals surface area contributed by atoms with Crippen LogP contribution >= 0.6 is 35.0 Å². The fourth-order valence-corrected chi connectivity index (χ4v) is 4.44.